The highest BCUT2D eigenvalue weighted by molar-refractivity contribution is 5.97. The summed E-state index contributed by atoms with van der Waals surface area (Å²) in [6, 6.07) is -0.000453. The molecule has 5 heterocycles. The third-order valence-electron chi connectivity index (χ3n) is 8.05. The fraction of sp³-hybridized carbons (Fsp3) is 0.654. The molecular weight excluding hydrogens is 485 g/mol. The Bertz CT molecular complexity index is 1130. The first-order valence-corrected chi connectivity index (χ1v) is 13.1. The number of rotatable bonds is 5. The number of nitrogens with zero attached hydrogens (tertiary/aromatic N) is 3. The third kappa shape index (κ3) is 5.34. The number of aromatic nitrogens is 3. The maximum absolute atomic E-state index is 14.0. The first-order chi connectivity index (χ1) is 17.5. The molecule has 37 heavy (non-hydrogen) atoms. The van der Waals surface area contributed by atoms with Gasteiger partial charge in [-0.15, -0.1) is 0 Å². The summed E-state index contributed by atoms with van der Waals surface area (Å²) in [7, 11) is 0. The summed E-state index contributed by atoms with van der Waals surface area (Å²) in [4.78, 5) is 26.7. The lowest BCUT2D eigenvalue weighted by Gasteiger charge is -2.36. The second-order valence-corrected chi connectivity index (χ2v) is 11.1. The number of piperidine rings is 1. The second-order valence-electron chi connectivity index (χ2n) is 11.1. The first kappa shape index (κ1) is 26.0. The molecule has 2 aromatic heterocycles. The number of fused-ring (bicyclic) bond motifs is 1. The Hall–Kier alpha value is -2.66. The van der Waals surface area contributed by atoms with E-state index in [0.717, 1.165) is 25.5 Å². The smallest absolute Gasteiger partial charge is 0.381 e. The quantitative estimate of drug-likeness (QED) is 0.546. The van der Waals surface area contributed by atoms with Crippen molar-refractivity contribution in [1.29, 1.82) is 0 Å². The van der Waals surface area contributed by atoms with Crippen LogP contribution in [0.1, 0.15) is 68.1 Å². The topological polar surface area (TPSA) is 95.2 Å². The van der Waals surface area contributed by atoms with Gasteiger partial charge in [0.05, 0.1) is 12.3 Å². The van der Waals surface area contributed by atoms with Gasteiger partial charge in [0, 0.05) is 61.2 Å². The summed E-state index contributed by atoms with van der Waals surface area (Å²) >= 11 is 0. The number of hydrogen-bond acceptors (Lipinski definition) is 6. The molecule has 3 aliphatic rings. The van der Waals surface area contributed by atoms with Crippen LogP contribution in [0.2, 0.25) is 0 Å². The summed E-state index contributed by atoms with van der Waals surface area (Å²) in [6.07, 6.45) is 1.51. The highest BCUT2D eigenvalue weighted by Crippen LogP contribution is 2.39. The molecule has 3 N–H and O–H groups in total. The summed E-state index contributed by atoms with van der Waals surface area (Å²) in [5.41, 5.74) is 0.146. The molecule has 11 heteroatoms. The number of carbonyl (C=O) groups excluding carboxylic acids is 1. The van der Waals surface area contributed by atoms with Crippen LogP contribution in [-0.2, 0) is 17.3 Å². The zero-order chi connectivity index (χ0) is 26.4. The molecule has 2 fully saturated rings. The number of alkyl halides is 3. The van der Waals surface area contributed by atoms with Crippen molar-refractivity contribution in [1.82, 2.24) is 25.2 Å². The van der Waals surface area contributed by atoms with E-state index in [1.165, 1.54) is 6.20 Å². The van der Waals surface area contributed by atoms with Gasteiger partial charge >= 0.3 is 6.18 Å². The van der Waals surface area contributed by atoms with Gasteiger partial charge in [0.15, 0.2) is 0 Å². The number of nitrogens with one attached hydrogen (secondary N) is 3. The van der Waals surface area contributed by atoms with Crippen LogP contribution in [0.25, 0.3) is 11.3 Å². The summed E-state index contributed by atoms with van der Waals surface area (Å²) < 4.78 is 47.6. The standard InChI is InChI=1S/C26H35F3N6O2/c1-15(16-7-10-37-14-16)35-9-4-5-18-19(12-30-22(18)23(35)36)21-20(26(27,28)29)13-31-24(34-21)33-17-6-8-25(2,3)32-11-17/h12-13,15-17,30,32H,4-11,14H2,1-3H3,(H,31,33,34)/t15?,16?,17-/m0/s1. The van der Waals surface area contributed by atoms with Gasteiger partial charge in [-0.3, -0.25) is 4.79 Å². The predicted molar refractivity (Wildman–Crippen MR) is 133 cm³/mol. The van der Waals surface area contributed by atoms with E-state index in [9.17, 15) is 18.0 Å². The number of H-pyrrole nitrogens is 1. The molecule has 3 aliphatic heterocycles. The fourth-order valence-corrected chi connectivity index (χ4v) is 5.66. The molecule has 0 aliphatic carbocycles. The Kier molecular flexibility index (Phi) is 6.95. The van der Waals surface area contributed by atoms with Crippen molar-refractivity contribution in [3.05, 3.63) is 29.2 Å². The van der Waals surface area contributed by atoms with E-state index < -0.39 is 11.7 Å². The van der Waals surface area contributed by atoms with Crippen molar-refractivity contribution in [2.75, 3.05) is 31.6 Å². The van der Waals surface area contributed by atoms with Crippen LogP contribution in [0.15, 0.2) is 12.4 Å². The van der Waals surface area contributed by atoms with Gasteiger partial charge in [0.25, 0.3) is 5.91 Å². The second kappa shape index (κ2) is 9.90. The molecule has 2 unspecified atom stereocenters. The van der Waals surface area contributed by atoms with Crippen molar-refractivity contribution in [2.24, 2.45) is 5.92 Å². The van der Waals surface area contributed by atoms with Gasteiger partial charge in [0.2, 0.25) is 5.95 Å². The molecule has 3 atom stereocenters. The lowest BCUT2D eigenvalue weighted by molar-refractivity contribution is -0.137. The minimum absolute atomic E-state index is 0.0112. The lowest BCUT2D eigenvalue weighted by Crippen LogP contribution is -2.50. The minimum atomic E-state index is -4.63. The van der Waals surface area contributed by atoms with E-state index in [-0.39, 0.29) is 41.1 Å². The Morgan fingerprint density at radius 3 is 2.78 bits per heavy atom. The van der Waals surface area contributed by atoms with Crippen LogP contribution in [-0.4, -0.2) is 69.7 Å². The van der Waals surface area contributed by atoms with Gasteiger partial charge in [-0.2, -0.15) is 13.2 Å². The van der Waals surface area contributed by atoms with Gasteiger partial charge in [0.1, 0.15) is 11.3 Å². The average molecular weight is 521 g/mol. The average Bonchev–Trinajstić information content (AvgIpc) is 3.49. The van der Waals surface area contributed by atoms with Crippen LogP contribution >= 0.6 is 0 Å². The molecule has 0 aromatic carbocycles. The van der Waals surface area contributed by atoms with E-state index >= 15 is 0 Å². The zero-order valence-corrected chi connectivity index (χ0v) is 21.5. The van der Waals surface area contributed by atoms with Crippen molar-refractivity contribution < 1.29 is 22.7 Å². The van der Waals surface area contributed by atoms with E-state index in [1.54, 1.807) is 0 Å². The SMILES string of the molecule is CC(C1CCOC1)N1CCCc2c(-c3nc(N[C@H]4CCC(C)(C)NC4)ncc3C(F)(F)F)c[nH]c2C1=O. The molecule has 0 radical (unpaired) electrons. The molecule has 0 bridgehead atoms. The largest absolute Gasteiger partial charge is 0.419 e. The maximum atomic E-state index is 14.0. The number of ether oxygens (including phenoxy) is 1. The van der Waals surface area contributed by atoms with Crippen molar-refractivity contribution >= 4 is 11.9 Å². The van der Waals surface area contributed by atoms with E-state index in [1.807, 2.05) is 11.8 Å². The number of hydrogen-bond donors (Lipinski definition) is 3. The Morgan fingerprint density at radius 2 is 2.11 bits per heavy atom. The summed E-state index contributed by atoms with van der Waals surface area (Å²) in [6.45, 7) is 8.79. The van der Waals surface area contributed by atoms with Crippen molar-refractivity contribution in [3.63, 3.8) is 0 Å². The number of anilines is 1. The van der Waals surface area contributed by atoms with Crippen LogP contribution in [0.4, 0.5) is 19.1 Å². The highest BCUT2D eigenvalue weighted by atomic mass is 19.4. The maximum Gasteiger partial charge on any atom is 0.419 e. The fourth-order valence-electron chi connectivity index (χ4n) is 5.66. The number of aromatic amines is 1. The van der Waals surface area contributed by atoms with Gasteiger partial charge < -0.3 is 25.3 Å². The van der Waals surface area contributed by atoms with Crippen LogP contribution < -0.4 is 10.6 Å². The highest BCUT2D eigenvalue weighted by Gasteiger charge is 2.39. The van der Waals surface area contributed by atoms with Gasteiger partial charge in [-0.25, -0.2) is 9.97 Å². The summed E-state index contributed by atoms with van der Waals surface area (Å²) in [5.74, 6) is 0.225. The third-order valence-corrected chi connectivity index (χ3v) is 8.05. The number of halogens is 3. The van der Waals surface area contributed by atoms with E-state index in [2.05, 4.69) is 39.4 Å². The molecule has 5 rings (SSSR count). The Labute approximate surface area is 214 Å². The van der Waals surface area contributed by atoms with Crippen molar-refractivity contribution in [2.45, 2.75) is 76.7 Å². The van der Waals surface area contributed by atoms with Crippen LogP contribution in [0, 0.1) is 5.92 Å². The minimum Gasteiger partial charge on any atom is -0.381 e. The molecule has 0 spiro atoms. The van der Waals surface area contributed by atoms with Crippen molar-refractivity contribution in [3.8, 4) is 11.3 Å². The molecule has 1 amide bonds. The number of amides is 1. The van der Waals surface area contributed by atoms with Crippen LogP contribution in [0.5, 0.6) is 0 Å². The molecular formula is C26H35F3N6O2. The first-order valence-electron chi connectivity index (χ1n) is 13.1. The molecule has 8 nitrogen and oxygen atoms in total. The Morgan fingerprint density at radius 1 is 1.30 bits per heavy atom. The molecule has 0 saturated carbocycles. The number of carbonyl (C=O) groups is 1. The van der Waals surface area contributed by atoms with E-state index in [0.29, 0.717) is 56.0 Å². The molecule has 2 saturated heterocycles. The van der Waals surface area contributed by atoms with Crippen LogP contribution in [0.3, 0.4) is 0 Å². The molecule has 2 aromatic rings. The van der Waals surface area contributed by atoms with Gasteiger partial charge in [-0.1, -0.05) is 0 Å². The normalized spacial score (nSPS) is 25.0. The lowest BCUT2D eigenvalue weighted by atomic mass is 9.91. The Balaban J connectivity index is 1.46. The van der Waals surface area contributed by atoms with Gasteiger partial charge in [-0.05, 0) is 58.4 Å². The molecule has 202 valence electrons. The predicted octanol–water partition coefficient (Wildman–Crippen LogP) is 4.25. The summed E-state index contributed by atoms with van der Waals surface area (Å²) in [5, 5.41) is 6.64. The zero-order valence-electron chi connectivity index (χ0n) is 21.5. The monoisotopic (exact) mass is 520 g/mol. The van der Waals surface area contributed by atoms with E-state index in [4.69, 9.17) is 4.74 Å².